The predicted molar refractivity (Wildman–Crippen MR) is 73.6 cm³/mol. The zero-order valence-corrected chi connectivity index (χ0v) is 11.3. The molecule has 0 aliphatic rings. The van der Waals surface area contributed by atoms with E-state index in [4.69, 9.17) is 28.5 Å². The largest absolute Gasteiger partial charge is 0.397 e. The van der Waals surface area contributed by atoms with Gasteiger partial charge in [-0.2, -0.15) is 0 Å². The van der Waals surface area contributed by atoms with Gasteiger partial charge in [0.1, 0.15) is 6.10 Å². The zero-order valence-electron chi connectivity index (χ0n) is 10.5. The molecule has 0 radical (unpaired) electrons. The van der Waals surface area contributed by atoms with E-state index in [0.717, 1.165) is 5.56 Å². The molecule has 0 unspecified atom stereocenters. The number of carbonyl (C=O) groups is 1. The van der Waals surface area contributed by atoms with Crippen molar-refractivity contribution in [2.75, 3.05) is 12.3 Å². The molecule has 0 aromatic heterocycles. The average molecular weight is 266 g/mol. The first-order valence-corrected chi connectivity index (χ1v) is 6.04. The summed E-state index contributed by atoms with van der Waals surface area (Å²) in [7, 11) is 0. The molecule has 96 valence electrons. The summed E-state index contributed by atoms with van der Waals surface area (Å²) in [5, 5.41) is 0.402. The number of halogens is 1. The van der Waals surface area contributed by atoms with Gasteiger partial charge in [0, 0.05) is 18.6 Å². The number of nitrogen functional groups attached to an aromatic ring is 1. The van der Waals surface area contributed by atoms with Crippen molar-refractivity contribution in [3.63, 3.8) is 0 Å². The highest BCUT2D eigenvalue weighted by atomic mass is 35.5. The number of anilines is 1. The smallest absolute Gasteiger partial charge is 0.158 e. The van der Waals surface area contributed by atoms with Crippen molar-refractivity contribution in [2.24, 2.45) is 0 Å². The van der Waals surface area contributed by atoms with Gasteiger partial charge in [0.15, 0.2) is 5.78 Å². The highest BCUT2D eigenvalue weighted by Crippen LogP contribution is 2.25. The fourth-order valence-corrected chi connectivity index (χ4v) is 1.89. The van der Waals surface area contributed by atoms with Crippen LogP contribution in [0, 0.1) is 12.3 Å². The number of terminal acetylenes is 1. The van der Waals surface area contributed by atoms with E-state index >= 15 is 0 Å². The highest BCUT2D eigenvalue weighted by molar-refractivity contribution is 6.33. The molecule has 1 atom stereocenters. The maximum absolute atomic E-state index is 11.4. The predicted octanol–water partition coefficient (Wildman–Crippen LogP) is 2.44. The SMILES string of the molecule is C#Cc1cc(C[C@@H](OCC)C(C)=O)cc(Cl)c1N. The summed E-state index contributed by atoms with van der Waals surface area (Å²) in [6.07, 6.45) is 5.32. The van der Waals surface area contributed by atoms with E-state index in [-0.39, 0.29) is 5.78 Å². The summed E-state index contributed by atoms with van der Waals surface area (Å²) in [5.41, 5.74) is 7.51. The lowest BCUT2D eigenvalue weighted by atomic mass is 10.0. The molecule has 4 heteroatoms. The quantitative estimate of drug-likeness (QED) is 0.657. The normalized spacial score (nSPS) is 11.9. The van der Waals surface area contributed by atoms with Gasteiger partial charge in [-0.25, -0.2) is 0 Å². The van der Waals surface area contributed by atoms with Gasteiger partial charge in [0.25, 0.3) is 0 Å². The second-order valence-corrected chi connectivity index (χ2v) is 4.35. The number of hydrogen-bond acceptors (Lipinski definition) is 3. The third-order valence-corrected chi connectivity index (χ3v) is 2.90. The number of benzene rings is 1. The van der Waals surface area contributed by atoms with Crippen LogP contribution in [-0.2, 0) is 16.0 Å². The summed E-state index contributed by atoms with van der Waals surface area (Å²) in [6, 6.07) is 3.48. The Morgan fingerprint density at radius 2 is 2.28 bits per heavy atom. The second kappa shape index (κ2) is 6.44. The molecule has 1 aromatic carbocycles. The lowest BCUT2D eigenvalue weighted by Crippen LogP contribution is -2.24. The van der Waals surface area contributed by atoms with E-state index in [2.05, 4.69) is 5.92 Å². The lowest BCUT2D eigenvalue weighted by Gasteiger charge is -2.15. The van der Waals surface area contributed by atoms with Gasteiger partial charge in [-0.15, -0.1) is 6.42 Å². The Hall–Kier alpha value is -1.50. The van der Waals surface area contributed by atoms with Crippen molar-refractivity contribution in [3.05, 3.63) is 28.3 Å². The first-order valence-electron chi connectivity index (χ1n) is 5.66. The minimum Gasteiger partial charge on any atom is -0.397 e. The Kier molecular flexibility index (Phi) is 5.21. The topological polar surface area (TPSA) is 52.3 Å². The molecule has 0 amide bonds. The molecule has 0 aliphatic carbocycles. The molecule has 0 bridgehead atoms. The van der Waals surface area contributed by atoms with E-state index < -0.39 is 6.10 Å². The molecule has 0 saturated heterocycles. The molecule has 0 aliphatic heterocycles. The third kappa shape index (κ3) is 3.49. The molecule has 0 heterocycles. The van der Waals surface area contributed by atoms with E-state index in [0.29, 0.717) is 29.3 Å². The average Bonchev–Trinajstić information content (AvgIpc) is 2.32. The first kappa shape index (κ1) is 14.6. The van der Waals surface area contributed by atoms with E-state index in [1.807, 2.05) is 6.92 Å². The fraction of sp³-hybridized carbons (Fsp3) is 0.357. The Labute approximate surface area is 112 Å². The van der Waals surface area contributed by atoms with Crippen LogP contribution in [-0.4, -0.2) is 18.5 Å². The molecule has 0 saturated carbocycles. The Balaban J connectivity index is 3.00. The molecule has 0 spiro atoms. The minimum absolute atomic E-state index is 0.0212. The zero-order chi connectivity index (χ0) is 13.7. The first-order chi connectivity index (χ1) is 8.49. The summed E-state index contributed by atoms with van der Waals surface area (Å²) >= 11 is 5.99. The number of Topliss-reactive ketones (excluding diaryl/α,β-unsaturated/α-hetero) is 1. The maximum Gasteiger partial charge on any atom is 0.158 e. The number of carbonyl (C=O) groups excluding carboxylic acids is 1. The number of ether oxygens (including phenoxy) is 1. The molecule has 1 aromatic rings. The Bertz CT molecular complexity index is 491. The Morgan fingerprint density at radius 1 is 1.61 bits per heavy atom. The maximum atomic E-state index is 11.4. The molecular weight excluding hydrogens is 250 g/mol. The third-order valence-electron chi connectivity index (χ3n) is 2.59. The minimum atomic E-state index is -0.472. The van der Waals surface area contributed by atoms with Crippen LogP contribution >= 0.6 is 11.6 Å². The van der Waals surface area contributed by atoms with Crippen molar-refractivity contribution >= 4 is 23.1 Å². The van der Waals surface area contributed by atoms with Crippen molar-refractivity contribution in [1.29, 1.82) is 0 Å². The van der Waals surface area contributed by atoms with Crippen LogP contribution in [0.1, 0.15) is 25.0 Å². The van der Waals surface area contributed by atoms with E-state index in [1.165, 1.54) is 6.92 Å². The van der Waals surface area contributed by atoms with Gasteiger partial charge in [-0.05, 0) is 31.5 Å². The lowest BCUT2D eigenvalue weighted by molar-refractivity contribution is -0.127. The summed E-state index contributed by atoms with van der Waals surface area (Å²) in [5.74, 6) is 2.45. The molecule has 2 N–H and O–H groups in total. The molecule has 1 rings (SSSR count). The second-order valence-electron chi connectivity index (χ2n) is 3.94. The van der Waals surface area contributed by atoms with Crippen LogP contribution in [0.3, 0.4) is 0 Å². The van der Waals surface area contributed by atoms with Gasteiger partial charge in [0.2, 0.25) is 0 Å². The van der Waals surface area contributed by atoms with Gasteiger partial charge >= 0.3 is 0 Å². The number of hydrogen-bond donors (Lipinski definition) is 1. The van der Waals surface area contributed by atoms with E-state index in [9.17, 15) is 4.79 Å². The van der Waals surface area contributed by atoms with Crippen molar-refractivity contribution < 1.29 is 9.53 Å². The van der Waals surface area contributed by atoms with Crippen LogP contribution in [0.25, 0.3) is 0 Å². The van der Waals surface area contributed by atoms with Crippen molar-refractivity contribution in [1.82, 2.24) is 0 Å². The standard InChI is InChI=1S/C14H16ClNO2/c1-4-11-6-10(7-12(15)14(11)16)8-13(9(3)17)18-5-2/h1,6-7,13H,5,8,16H2,2-3H3/t13-/m1/s1. The van der Waals surface area contributed by atoms with Crippen LogP contribution < -0.4 is 5.73 Å². The summed E-state index contributed by atoms with van der Waals surface area (Å²) in [4.78, 5) is 11.4. The Morgan fingerprint density at radius 3 is 2.78 bits per heavy atom. The van der Waals surface area contributed by atoms with Crippen LogP contribution in [0.4, 0.5) is 5.69 Å². The van der Waals surface area contributed by atoms with Crippen LogP contribution in [0.2, 0.25) is 5.02 Å². The number of rotatable bonds is 5. The van der Waals surface area contributed by atoms with Gasteiger partial charge in [0.05, 0.1) is 10.7 Å². The fourth-order valence-electron chi connectivity index (χ4n) is 1.65. The van der Waals surface area contributed by atoms with Crippen molar-refractivity contribution in [2.45, 2.75) is 26.4 Å². The van der Waals surface area contributed by atoms with Gasteiger partial charge < -0.3 is 10.5 Å². The van der Waals surface area contributed by atoms with Crippen molar-refractivity contribution in [3.8, 4) is 12.3 Å². The summed E-state index contributed by atoms with van der Waals surface area (Å²) < 4.78 is 5.38. The van der Waals surface area contributed by atoms with Gasteiger partial charge in [-0.3, -0.25) is 4.79 Å². The van der Waals surface area contributed by atoms with E-state index in [1.54, 1.807) is 12.1 Å². The highest BCUT2D eigenvalue weighted by Gasteiger charge is 2.16. The van der Waals surface area contributed by atoms with Gasteiger partial charge in [-0.1, -0.05) is 17.5 Å². The molecule has 18 heavy (non-hydrogen) atoms. The molecular formula is C14H16ClNO2. The summed E-state index contributed by atoms with van der Waals surface area (Å²) in [6.45, 7) is 3.83. The number of nitrogens with two attached hydrogens (primary N) is 1. The molecule has 0 fully saturated rings. The number of ketones is 1. The van der Waals surface area contributed by atoms with Crippen LogP contribution in [0.15, 0.2) is 12.1 Å². The molecule has 3 nitrogen and oxygen atoms in total. The van der Waals surface area contributed by atoms with Crippen LogP contribution in [0.5, 0.6) is 0 Å². The monoisotopic (exact) mass is 265 g/mol.